The van der Waals surface area contributed by atoms with E-state index in [0.717, 1.165) is 11.8 Å². The van der Waals surface area contributed by atoms with Gasteiger partial charge in [0.2, 0.25) is 0 Å². The van der Waals surface area contributed by atoms with E-state index < -0.39 is 0 Å². The first-order valence-corrected chi connectivity index (χ1v) is 8.86. The molecular weight excluding hydrogens is 274 g/mol. The van der Waals surface area contributed by atoms with Crippen LogP contribution < -0.4 is 5.32 Å². The summed E-state index contributed by atoms with van der Waals surface area (Å²) in [6.45, 7) is 0.912. The lowest BCUT2D eigenvalue weighted by Crippen LogP contribution is -2.26. The number of H-pyrrole nitrogens is 1. The van der Waals surface area contributed by atoms with E-state index in [2.05, 4.69) is 39.3 Å². The van der Waals surface area contributed by atoms with E-state index in [-0.39, 0.29) is 0 Å². The van der Waals surface area contributed by atoms with Crippen molar-refractivity contribution in [3.63, 3.8) is 0 Å². The van der Waals surface area contributed by atoms with Crippen LogP contribution in [0.3, 0.4) is 0 Å². The molecule has 1 fully saturated rings. The normalized spacial score (nSPS) is 23.0. The lowest BCUT2D eigenvalue weighted by atomic mass is 10.2. The van der Waals surface area contributed by atoms with Crippen molar-refractivity contribution in [2.24, 2.45) is 0 Å². The fourth-order valence-electron chi connectivity index (χ4n) is 2.67. The number of rotatable bonds is 5. The molecule has 3 rings (SSSR count). The Balaban J connectivity index is 1.61. The molecule has 5 heteroatoms. The predicted octanol–water partition coefficient (Wildman–Crippen LogP) is 3.51. The Labute approximate surface area is 122 Å². The summed E-state index contributed by atoms with van der Waals surface area (Å²) in [7, 11) is 0. The van der Waals surface area contributed by atoms with Gasteiger partial charge in [-0.05, 0) is 37.0 Å². The Bertz CT molecular complexity index is 507. The Morgan fingerprint density at radius 3 is 3.21 bits per heavy atom. The minimum Gasteiger partial charge on any atom is -0.310 e. The van der Waals surface area contributed by atoms with Crippen LogP contribution in [0, 0.1) is 0 Å². The Kier molecular flexibility index (Phi) is 4.25. The number of nitrogens with one attached hydrogen (secondary N) is 2. The van der Waals surface area contributed by atoms with Crippen LogP contribution in [0.1, 0.15) is 24.8 Å². The number of hydrogen-bond acceptors (Lipinski definition) is 4. The van der Waals surface area contributed by atoms with E-state index in [1.54, 1.807) is 11.3 Å². The van der Waals surface area contributed by atoms with Crippen molar-refractivity contribution in [1.82, 2.24) is 15.5 Å². The zero-order valence-electron chi connectivity index (χ0n) is 11.1. The standard InChI is InChI=1S/C14H19N3S2/c1-18-12-5-4-11(7-12)15-8-10-9-16-17-14(10)13-3-2-6-19-13/h2-3,6,9,11-12,15H,4-5,7-8H2,1H3,(H,16,17). The van der Waals surface area contributed by atoms with Crippen molar-refractivity contribution in [3.05, 3.63) is 29.3 Å². The third kappa shape index (κ3) is 3.04. The van der Waals surface area contributed by atoms with Gasteiger partial charge in [0, 0.05) is 23.4 Å². The second-order valence-corrected chi connectivity index (χ2v) is 7.08. The Hall–Kier alpha value is -0.780. The van der Waals surface area contributed by atoms with E-state index in [4.69, 9.17) is 0 Å². The molecule has 0 amide bonds. The fraction of sp³-hybridized carbons (Fsp3) is 0.500. The van der Waals surface area contributed by atoms with E-state index in [9.17, 15) is 0 Å². The molecule has 1 saturated carbocycles. The lowest BCUT2D eigenvalue weighted by Gasteiger charge is -2.12. The summed E-state index contributed by atoms with van der Waals surface area (Å²) in [6, 6.07) is 4.89. The van der Waals surface area contributed by atoms with Gasteiger partial charge in [0.05, 0.1) is 16.8 Å². The molecule has 0 aliphatic heterocycles. The second-order valence-electron chi connectivity index (χ2n) is 5.00. The topological polar surface area (TPSA) is 40.7 Å². The van der Waals surface area contributed by atoms with Crippen molar-refractivity contribution in [1.29, 1.82) is 0 Å². The molecule has 2 aromatic rings. The summed E-state index contributed by atoms with van der Waals surface area (Å²) in [5.74, 6) is 0. The average Bonchev–Trinajstić information content (AvgIpc) is 3.16. The van der Waals surface area contributed by atoms with E-state index in [1.807, 2.05) is 18.0 Å². The van der Waals surface area contributed by atoms with Gasteiger partial charge in [-0.2, -0.15) is 16.9 Å². The van der Waals surface area contributed by atoms with Crippen molar-refractivity contribution in [3.8, 4) is 10.6 Å². The molecule has 19 heavy (non-hydrogen) atoms. The third-order valence-corrected chi connectivity index (χ3v) is 5.77. The van der Waals surface area contributed by atoms with Crippen molar-refractivity contribution < 1.29 is 0 Å². The van der Waals surface area contributed by atoms with E-state index in [0.29, 0.717) is 6.04 Å². The van der Waals surface area contributed by atoms with Gasteiger partial charge in [-0.3, -0.25) is 5.10 Å². The van der Waals surface area contributed by atoms with Crippen LogP contribution >= 0.6 is 23.1 Å². The van der Waals surface area contributed by atoms with Crippen LogP contribution in [0.25, 0.3) is 10.6 Å². The number of aromatic nitrogens is 2. The highest BCUT2D eigenvalue weighted by molar-refractivity contribution is 7.99. The monoisotopic (exact) mass is 293 g/mol. The molecule has 2 atom stereocenters. The van der Waals surface area contributed by atoms with Gasteiger partial charge in [-0.25, -0.2) is 0 Å². The Morgan fingerprint density at radius 2 is 2.47 bits per heavy atom. The largest absolute Gasteiger partial charge is 0.310 e. The zero-order chi connectivity index (χ0) is 13.1. The van der Waals surface area contributed by atoms with Gasteiger partial charge in [0.25, 0.3) is 0 Å². The van der Waals surface area contributed by atoms with Gasteiger partial charge in [0.15, 0.2) is 0 Å². The maximum absolute atomic E-state index is 4.19. The quantitative estimate of drug-likeness (QED) is 0.886. The summed E-state index contributed by atoms with van der Waals surface area (Å²) < 4.78 is 0. The van der Waals surface area contributed by atoms with Crippen LogP contribution in [-0.4, -0.2) is 27.7 Å². The van der Waals surface area contributed by atoms with E-state index in [1.165, 1.54) is 35.4 Å². The van der Waals surface area contributed by atoms with Crippen molar-refractivity contribution in [2.45, 2.75) is 37.1 Å². The molecule has 2 unspecified atom stereocenters. The molecule has 2 heterocycles. The van der Waals surface area contributed by atoms with Crippen LogP contribution in [0.4, 0.5) is 0 Å². The Morgan fingerprint density at radius 1 is 1.53 bits per heavy atom. The molecule has 1 aliphatic rings. The highest BCUT2D eigenvalue weighted by Crippen LogP contribution is 2.29. The van der Waals surface area contributed by atoms with Crippen LogP contribution in [0.15, 0.2) is 23.7 Å². The van der Waals surface area contributed by atoms with Gasteiger partial charge in [0.1, 0.15) is 0 Å². The van der Waals surface area contributed by atoms with Crippen LogP contribution in [0.5, 0.6) is 0 Å². The number of thioether (sulfide) groups is 1. The third-order valence-electron chi connectivity index (χ3n) is 3.78. The van der Waals surface area contributed by atoms with Crippen molar-refractivity contribution in [2.75, 3.05) is 6.26 Å². The molecule has 0 radical (unpaired) electrons. The molecule has 1 aliphatic carbocycles. The lowest BCUT2D eigenvalue weighted by molar-refractivity contribution is 0.525. The first-order valence-electron chi connectivity index (χ1n) is 6.69. The maximum Gasteiger partial charge on any atom is 0.0794 e. The molecule has 102 valence electrons. The molecule has 0 bridgehead atoms. The highest BCUT2D eigenvalue weighted by atomic mass is 32.2. The van der Waals surface area contributed by atoms with Crippen LogP contribution in [0.2, 0.25) is 0 Å². The SMILES string of the molecule is CSC1CCC(NCc2cn[nH]c2-c2cccs2)C1. The molecule has 0 saturated heterocycles. The van der Waals surface area contributed by atoms with Gasteiger partial charge >= 0.3 is 0 Å². The second kappa shape index (κ2) is 6.11. The molecule has 2 N–H and O–H groups in total. The fourth-order valence-corrected chi connectivity index (χ4v) is 4.23. The highest BCUT2D eigenvalue weighted by Gasteiger charge is 2.23. The first-order chi connectivity index (χ1) is 9.36. The van der Waals surface area contributed by atoms with Crippen molar-refractivity contribution >= 4 is 23.1 Å². The van der Waals surface area contributed by atoms with E-state index >= 15 is 0 Å². The number of nitrogens with zero attached hydrogens (tertiary/aromatic N) is 1. The van der Waals surface area contributed by atoms with Gasteiger partial charge in [-0.15, -0.1) is 11.3 Å². The summed E-state index contributed by atoms with van der Waals surface area (Å²) in [4.78, 5) is 1.27. The van der Waals surface area contributed by atoms with Crippen LogP contribution in [-0.2, 0) is 6.54 Å². The number of thiophene rings is 1. The number of hydrogen-bond donors (Lipinski definition) is 2. The molecule has 2 aromatic heterocycles. The number of aromatic amines is 1. The summed E-state index contributed by atoms with van der Waals surface area (Å²) >= 11 is 3.76. The smallest absolute Gasteiger partial charge is 0.0794 e. The summed E-state index contributed by atoms with van der Waals surface area (Å²) in [6.07, 6.45) is 8.12. The molecular formula is C14H19N3S2. The molecule has 3 nitrogen and oxygen atoms in total. The van der Waals surface area contributed by atoms with Gasteiger partial charge < -0.3 is 5.32 Å². The average molecular weight is 293 g/mol. The maximum atomic E-state index is 4.19. The minimum absolute atomic E-state index is 0.670. The van der Waals surface area contributed by atoms with Gasteiger partial charge in [-0.1, -0.05) is 6.07 Å². The zero-order valence-corrected chi connectivity index (χ0v) is 12.7. The predicted molar refractivity (Wildman–Crippen MR) is 83.7 cm³/mol. The minimum atomic E-state index is 0.670. The molecule has 0 aromatic carbocycles. The molecule has 0 spiro atoms. The first kappa shape index (κ1) is 13.2. The summed E-state index contributed by atoms with van der Waals surface area (Å²) in [5, 5.41) is 13.9. The summed E-state index contributed by atoms with van der Waals surface area (Å²) in [5.41, 5.74) is 2.44.